The van der Waals surface area contributed by atoms with Crippen molar-refractivity contribution in [3.63, 3.8) is 0 Å². The molecule has 0 aromatic heterocycles. The van der Waals surface area contributed by atoms with Gasteiger partial charge in [-0.05, 0) is 6.92 Å². The van der Waals surface area contributed by atoms with E-state index in [0.29, 0.717) is 0 Å². The summed E-state index contributed by atoms with van der Waals surface area (Å²) in [7, 11) is 0. The second-order valence-electron chi connectivity index (χ2n) is 2.26. The molecule has 0 aliphatic heterocycles. The predicted molar refractivity (Wildman–Crippen MR) is 39.5 cm³/mol. The lowest BCUT2D eigenvalue weighted by atomic mass is 10.2. The lowest BCUT2D eigenvalue weighted by molar-refractivity contribution is -0.146. The van der Waals surface area contributed by atoms with Crippen LogP contribution in [0, 0.1) is 0 Å². The number of carboxylic acids is 1. The Kier molecular flexibility index (Phi) is 5.03. The molecule has 0 aliphatic rings. The van der Waals surface area contributed by atoms with E-state index in [0.717, 1.165) is 0 Å². The number of ether oxygens (including phenoxy) is 1. The third kappa shape index (κ3) is 5.67. The van der Waals surface area contributed by atoms with Gasteiger partial charge in [0.25, 0.3) is 0 Å². The molecule has 0 radical (unpaired) electrons. The summed E-state index contributed by atoms with van der Waals surface area (Å²) in [6, 6.07) is 0. The van der Waals surface area contributed by atoms with E-state index in [1.54, 1.807) is 6.92 Å². The first-order chi connectivity index (χ1) is 5.56. The molecule has 0 saturated carbocycles. The number of rotatable bonds is 5. The lowest BCUT2D eigenvalue weighted by Gasteiger charge is -2.06. The van der Waals surface area contributed by atoms with E-state index in [-0.39, 0.29) is 13.0 Å². The van der Waals surface area contributed by atoms with E-state index >= 15 is 0 Å². The van der Waals surface area contributed by atoms with E-state index in [9.17, 15) is 9.59 Å². The van der Waals surface area contributed by atoms with Crippen molar-refractivity contribution in [2.75, 3.05) is 6.61 Å². The number of hydrogen-bond donors (Lipinski definition) is 2. The quantitative estimate of drug-likeness (QED) is 0.565. The molecule has 0 heterocycles. The summed E-state index contributed by atoms with van der Waals surface area (Å²) >= 11 is 0. The summed E-state index contributed by atoms with van der Waals surface area (Å²) in [5.41, 5.74) is 0. The first kappa shape index (κ1) is 10.9. The van der Waals surface area contributed by atoms with Crippen LogP contribution in [0.25, 0.3) is 0 Å². The van der Waals surface area contributed by atoms with Crippen molar-refractivity contribution in [2.24, 2.45) is 0 Å². The van der Waals surface area contributed by atoms with Crippen molar-refractivity contribution in [1.82, 2.24) is 0 Å². The lowest BCUT2D eigenvalue weighted by Crippen LogP contribution is -2.18. The highest BCUT2D eigenvalue weighted by Crippen LogP contribution is 1.99. The van der Waals surface area contributed by atoms with Gasteiger partial charge < -0.3 is 14.9 Å². The minimum Gasteiger partial charge on any atom is -0.481 e. The molecule has 0 aliphatic carbocycles. The molecule has 5 nitrogen and oxygen atoms in total. The molecular weight excluding hydrogens is 164 g/mol. The van der Waals surface area contributed by atoms with Gasteiger partial charge in [0.2, 0.25) is 0 Å². The van der Waals surface area contributed by atoms with E-state index < -0.39 is 24.5 Å². The van der Waals surface area contributed by atoms with Gasteiger partial charge in [0.15, 0.2) is 0 Å². The van der Waals surface area contributed by atoms with Gasteiger partial charge in [-0.1, -0.05) is 0 Å². The molecule has 0 aromatic rings. The van der Waals surface area contributed by atoms with Gasteiger partial charge in [-0.15, -0.1) is 0 Å². The third-order valence-electron chi connectivity index (χ3n) is 1.12. The van der Waals surface area contributed by atoms with Gasteiger partial charge in [-0.2, -0.15) is 0 Å². The molecule has 5 heteroatoms. The maximum absolute atomic E-state index is 10.7. The first-order valence-corrected chi connectivity index (χ1v) is 3.61. The Morgan fingerprint density at radius 1 is 1.42 bits per heavy atom. The van der Waals surface area contributed by atoms with Crippen LogP contribution < -0.4 is 0 Å². The van der Waals surface area contributed by atoms with Gasteiger partial charge in [0, 0.05) is 0 Å². The van der Waals surface area contributed by atoms with Crippen LogP contribution >= 0.6 is 0 Å². The highest BCUT2D eigenvalue weighted by Gasteiger charge is 2.14. The number of aliphatic carboxylic acids is 1. The van der Waals surface area contributed by atoms with Crippen LogP contribution in [0.2, 0.25) is 0 Å². The van der Waals surface area contributed by atoms with E-state index in [1.165, 1.54) is 0 Å². The maximum Gasteiger partial charge on any atom is 0.308 e. The van der Waals surface area contributed by atoms with Gasteiger partial charge >= 0.3 is 11.9 Å². The molecule has 0 spiro atoms. The van der Waals surface area contributed by atoms with Gasteiger partial charge in [-0.25, -0.2) is 0 Å². The summed E-state index contributed by atoms with van der Waals surface area (Å²) in [6.07, 6.45) is -1.85. The molecule has 0 saturated heterocycles. The summed E-state index contributed by atoms with van der Waals surface area (Å²) in [4.78, 5) is 20.7. The zero-order valence-electron chi connectivity index (χ0n) is 6.82. The topological polar surface area (TPSA) is 83.8 Å². The summed E-state index contributed by atoms with van der Waals surface area (Å²) in [6.45, 7) is 1.88. The van der Waals surface area contributed by atoms with Crippen LogP contribution in [-0.2, 0) is 14.3 Å². The first-order valence-electron chi connectivity index (χ1n) is 3.61. The number of carbonyl (C=O) groups excluding carboxylic acids is 1. The summed E-state index contributed by atoms with van der Waals surface area (Å²) < 4.78 is 4.50. The Hall–Kier alpha value is -1.10. The number of aliphatic hydroxyl groups is 1. The molecule has 0 unspecified atom stereocenters. The molecule has 2 N–H and O–H groups in total. The standard InChI is InChI=1S/C7H12O5/c1-2-12-7(11)4-5(8)3-6(9)10/h5,8H,2-4H2,1H3,(H,9,10)/t5-/m1/s1. The molecule has 0 aromatic carbocycles. The van der Waals surface area contributed by atoms with Crippen LogP contribution in [0.5, 0.6) is 0 Å². The largest absolute Gasteiger partial charge is 0.481 e. The van der Waals surface area contributed by atoms with Gasteiger partial charge in [-0.3, -0.25) is 9.59 Å². The van der Waals surface area contributed by atoms with E-state index in [2.05, 4.69) is 4.74 Å². The molecule has 1 atom stereocenters. The molecule has 0 rings (SSSR count). The summed E-state index contributed by atoms with van der Waals surface area (Å²) in [5, 5.41) is 17.1. The number of carbonyl (C=O) groups is 2. The Morgan fingerprint density at radius 3 is 2.42 bits per heavy atom. The van der Waals surface area contributed by atoms with E-state index in [1.807, 2.05) is 0 Å². The highest BCUT2D eigenvalue weighted by atomic mass is 16.5. The van der Waals surface area contributed by atoms with Gasteiger partial charge in [0.1, 0.15) is 0 Å². The molecule has 12 heavy (non-hydrogen) atoms. The van der Waals surface area contributed by atoms with Crippen molar-refractivity contribution in [3.8, 4) is 0 Å². The second-order valence-corrected chi connectivity index (χ2v) is 2.26. The normalized spacial score (nSPS) is 12.2. The van der Waals surface area contributed by atoms with Crippen molar-refractivity contribution in [3.05, 3.63) is 0 Å². The minimum absolute atomic E-state index is 0.235. The Morgan fingerprint density at radius 2 is 2.00 bits per heavy atom. The SMILES string of the molecule is CCOC(=O)C[C@H](O)CC(=O)O. The zero-order chi connectivity index (χ0) is 9.56. The highest BCUT2D eigenvalue weighted by molar-refractivity contribution is 5.72. The van der Waals surface area contributed by atoms with E-state index in [4.69, 9.17) is 10.2 Å². The number of aliphatic hydroxyl groups excluding tert-OH is 1. The predicted octanol–water partition coefficient (Wildman–Crippen LogP) is -0.225. The number of esters is 1. The molecule has 70 valence electrons. The Balaban J connectivity index is 3.61. The average molecular weight is 176 g/mol. The van der Waals surface area contributed by atoms with Gasteiger partial charge in [0.05, 0.1) is 25.6 Å². The third-order valence-corrected chi connectivity index (χ3v) is 1.12. The Bertz CT molecular complexity index is 165. The fourth-order valence-electron chi connectivity index (χ4n) is 0.686. The molecule has 0 fully saturated rings. The smallest absolute Gasteiger partial charge is 0.308 e. The fourth-order valence-corrected chi connectivity index (χ4v) is 0.686. The maximum atomic E-state index is 10.7. The number of hydrogen-bond acceptors (Lipinski definition) is 4. The Labute approximate surface area is 70.0 Å². The second kappa shape index (κ2) is 5.54. The van der Waals surface area contributed by atoms with Crippen LogP contribution in [0.15, 0.2) is 0 Å². The minimum atomic E-state index is -1.15. The zero-order valence-corrected chi connectivity index (χ0v) is 6.82. The molecule has 0 bridgehead atoms. The average Bonchev–Trinajstić information content (AvgIpc) is 1.84. The fraction of sp³-hybridized carbons (Fsp3) is 0.714. The van der Waals surface area contributed by atoms with Crippen LogP contribution in [0.3, 0.4) is 0 Å². The number of carboxylic acid groups (broad SMARTS) is 1. The monoisotopic (exact) mass is 176 g/mol. The van der Waals surface area contributed by atoms with Crippen LogP contribution in [-0.4, -0.2) is 34.9 Å². The van der Waals surface area contributed by atoms with Crippen molar-refractivity contribution < 1.29 is 24.5 Å². The van der Waals surface area contributed by atoms with Crippen LogP contribution in [0.1, 0.15) is 19.8 Å². The molecule has 0 amide bonds. The van der Waals surface area contributed by atoms with Crippen molar-refractivity contribution >= 4 is 11.9 Å². The summed E-state index contributed by atoms with van der Waals surface area (Å²) in [5.74, 6) is -1.71. The van der Waals surface area contributed by atoms with Crippen molar-refractivity contribution in [2.45, 2.75) is 25.9 Å². The van der Waals surface area contributed by atoms with Crippen LogP contribution in [0.4, 0.5) is 0 Å². The van der Waals surface area contributed by atoms with Crippen molar-refractivity contribution in [1.29, 1.82) is 0 Å². The molecular formula is C7H12O5.